The van der Waals surface area contributed by atoms with Crippen molar-refractivity contribution in [3.05, 3.63) is 46.6 Å². The number of hydrogen-bond donors (Lipinski definition) is 2. The van der Waals surface area contributed by atoms with Gasteiger partial charge in [0.2, 0.25) is 11.8 Å². The average Bonchev–Trinajstić information content (AvgIpc) is 2.90. The second-order valence-corrected chi connectivity index (χ2v) is 6.23. The number of carboxylic acid groups (broad SMARTS) is 1. The van der Waals surface area contributed by atoms with Crippen molar-refractivity contribution in [1.29, 1.82) is 0 Å². The van der Waals surface area contributed by atoms with Crippen molar-refractivity contribution < 1.29 is 19.2 Å². The van der Waals surface area contributed by atoms with Crippen molar-refractivity contribution in [3.63, 3.8) is 0 Å². The largest absolute Gasteiger partial charge is 0.481 e. The summed E-state index contributed by atoms with van der Waals surface area (Å²) in [6.45, 7) is 1.66. The molecular formula is C16H16ClN3O4. The van der Waals surface area contributed by atoms with Gasteiger partial charge in [0.15, 0.2) is 5.82 Å². The van der Waals surface area contributed by atoms with E-state index in [4.69, 9.17) is 21.2 Å². The van der Waals surface area contributed by atoms with Crippen molar-refractivity contribution in [2.24, 2.45) is 11.8 Å². The van der Waals surface area contributed by atoms with E-state index >= 15 is 0 Å². The SMILES string of the molecule is Cc1nc(C(NC(=O)C2CCC2C(=O)O)c2ccc(Cl)cc2)no1. The molecule has 126 valence electrons. The predicted octanol–water partition coefficient (Wildman–Crippen LogP) is 2.35. The number of carbonyl (C=O) groups is 2. The first-order valence-corrected chi connectivity index (χ1v) is 7.92. The number of amides is 1. The number of aromatic nitrogens is 2. The lowest BCUT2D eigenvalue weighted by molar-refractivity contribution is -0.152. The highest BCUT2D eigenvalue weighted by atomic mass is 35.5. The molecule has 24 heavy (non-hydrogen) atoms. The van der Waals surface area contributed by atoms with Crippen molar-refractivity contribution in [2.45, 2.75) is 25.8 Å². The normalized spacial score (nSPS) is 20.9. The molecule has 1 saturated carbocycles. The summed E-state index contributed by atoms with van der Waals surface area (Å²) in [6.07, 6.45) is 1.07. The van der Waals surface area contributed by atoms with Gasteiger partial charge in [-0.3, -0.25) is 9.59 Å². The van der Waals surface area contributed by atoms with Crippen LogP contribution in [0.4, 0.5) is 0 Å². The van der Waals surface area contributed by atoms with E-state index in [0.29, 0.717) is 29.6 Å². The van der Waals surface area contributed by atoms with Crippen LogP contribution >= 0.6 is 11.6 Å². The van der Waals surface area contributed by atoms with Crippen LogP contribution in [0.2, 0.25) is 5.02 Å². The lowest BCUT2D eigenvalue weighted by Crippen LogP contribution is -2.45. The van der Waals surface area contributed by atoms with Crippen LogP contribution in [-0.4, -0.2) is 27.1 Å². The fourth-order valence-electron chi connectivity index (χ4n) is 2.74. The molecule has 1 amide bonds. The number of halogens is 1. The Labute approximate surface area is 143 Å². The van der Waals surface area contributed by atoms with E-state index in [-0.39, 0.29) is 5.91 Å². The number of nitrogens with one attached hydrogen (secondary N) is 1. The zero-order valence-corrected chi connectivity index (χ0v) is 13.7. The highest BCUT2D eigenvalue weighted by molar-refractivity contribution is 6.30. The van der Waals surface area contributed by atoms with Gasteiger partial charge < -0.3 is 14.9 Å². The number of aryl methyl sites for hydroxylation is 1. The van der Waals surface area contributed by atoms with Crippen LogP contribution in [0.5, 0.6) is 0 Å². The Morgan fingerprint density at radius 2 is 1.96 bits per heavy atom. The molecule has 1 aliphatic carbocycles. The molecule has 1 fully saturated rings. The van der Waals surface area contributed by atoms with Crippen LogP contribution in [0, 0.1) is 18.8 Å². The molecule has 0 aliphatic heterocycles. The zero-order valence-electron chi connectivity index (χ0n) is 12.9. The fraction of sp³-hybridized carbons (Fsp3) is 0.375. The maximum atomic E-state index is 12.5. The zero-order chi connectivity index (χ0) is 17.3. The maximum Gasteiger partial charge on any atom is 0.307 e. The molecule has 0 saturated heterocycles. The molecule has 1 heterocycles. The highest BCUT2D eigenvalue weighted by Gasteiger charge is 2.42. The minimum atomic E-state index is -0.945. The Balaban J connectivity index is 1.84. The highest BCUT2D eigenvalue weighted by Crippen LogP contribution is 2.35. The molecule has 3 unspecified atom stereocenters. The van der Waals surface area contributed by atoms with Crippen LogP contribution in [0.3, 0.4) is 0 Å². The lowest BCUT2D eigenvalue weighted by Gasteiger charge is -2.33. The van der Waals surface area contributed by atoms with Crippen LogP contribution in [-0.2, 0) is 9.59 Å². The third-order valence-electron chi connectivity index (χ3n) is 4.22. The molecule has 0 radical (unpaired) electrons. The number of nitrogens with zero attached hydrogens (tertiary/aromatic N) is 2. The Morgan fingerprint density at radius 1 is 1.29 bits per heavy atom. The summed E-state index contributed by atoms with van der Waals surface area (Å²) in [7, 11) is 0. The van der Waals surface area contributed by atoms with Crippen molar-refractivity contribution in [3.8, 4) is 0 Å². The first-order valence-electron chi connectivity index (χ1n) is 7.54. The van der Waals surface area contributed by atoms with E-state index < -0.39 is 23.8 Å². The number of rotatable bonds is 5. The molecule has 8 heteroatoms. The Kier molecular flexibility index (Phi) is 4.53. The number of benzene rings is 1. The quantitative estimate of drug-likeness (QED) is 0.858. The second-order valence-electron chi connectivity index (χ2n) is 5.79. The standard InChI is InChI=1S/C16H16ClN3O4/c1-8-18-14(20-24-8)13(9-2-4-10(17)5-3-9)19-15(21)11-6-7-12(11)16(22)23/h2-5,11-13H,6-7H2,1H3,(H,19,21)(H,22,23). The summed E-state index contributed by atoms with van der Waals surface area (Å²) >= 11 is 5.91. The van der Waals surface area contributed by atoms with Gasteiger partial charge >= 0.3 is 5.97 Å². The molecule has 3 rings (SSSR count). The Bertz CT molecular complexity index is 759. The number of aliphatic carboxylic acids is 1. The number of carboxylic acids is 1. The van der Waals surface area contributed by atoms with Gasteiger partial charge in [-0.15, -0.1) is 0 Å². The van der Waals surface area contributed by atoms with Crippen LogP contribution in [0.15, 0.2) is 28.8 Å². The van der Waals surface area contributed by atoms with E-state index in [0.717, 1.165) is 5.56 Å². The lowest BCUT2D eigenvalue weighted by atomic mass is 9.73. The molecule has 3 atom stereocenters. The molecular weight excluding hydrogens is 334 g/mol. The second kappa shape index (κ2) is 6.60. The van der Waals surface area contributed by atoms with Crippen molar-refractivity contribution in [1.82, 2.24) is 15.5 Å². The molecule has 1 aromatic carbocycles. The van der Waals surface area contributed by atoms with Gasteiger partial charge in [-0.05, 0) is 30.5 Å². The smallest absolute Gasteiger partial charge is 0.307 e. The van der Waals surface area contributed by atoms with Gasteiger partial charge in [-0.2, -0.15) is 4.98 Å². The van der Waals surface area contributed by atoms with E-state index in [2.05, 4.69) is 15.5 Å². The Hall–Kier alpha value is -2.41. The molecule has 1 aromatic heterocycles. The molecule has 0 spiro atoms. The first kappa shape index (κ1) is 16.4. The summed E-state index contributed by atoms with van der Waals surface area (Å²) in [4.78, 5) is 27.8. The van der Waals surface area contributed by atoms with Gasteiger partial charge in [0.25, 0.3) is 0 Å². The van der Waals surface area contributed by atoms with E-state index in [9.17, 15) is 9.59 Å². The van der Waals surface area contributed by atoms with Crippen LogP contribution in [0.25, 0.3) is 0 Å². The Morgan fingerprint density at radius 3 is 2.46 bits per heavy atom. The minimum Gasteiger partial charge on any atom is -0.481 e. The molecule has 7 nitrogen and oxygen atoms in total. The van der Waals surface area contributed by atoms with E-state index in [1.54, 1.807) is 31.2 Å². The fourth-order valence-corrected chi connectivity index (χ4v) is 2.87. The summed E-state index contributed by atoms with van der Waals surface area (Å²) in [6, 6.07) is 6.30. The maximum absolute atomic E-state index is 12.5. The predicted molar refractivity (Wildman–Crippen MR) is 84.3 cm³/mol. The van der Waals surface area contributed by atoms with Gasteiger partial charge in [-0.1, -0.05) is 28.9 Å². The van der Waals surface area contributed by atoms with Crippen molar-refractivity contribution >= 4 is 23.5 Å². The average molecular weight is 350 g/mol. The third kappa shape index (κ3) is 3.26. The van der Waals surface area contributed by atoms with Crippen LogP contribution in [0.1, 0.15) is 36.2 Å². The summed E-state index contributed by atoms with van der Waals surface area (Å²) < 4.78 is 5.00. The third-order valence-corrected chi connectivity index (χ3v) is 4.47. The van der Waals surface area contributed by atoms with Gasteiger partial charge in [0, 0.05) is 11.9 Å². The van der Waals surface area contributed by atoms with E-state index in [1.807, 2.05) is 0 Å². The topological polar surface area (TPSA) is 105 Å². The monoisotopic (exact) mass is 349 g/mol. The minimum absolute atomic E-state index is 0.314. The molecule has 2 aromatic rings. The molecule has 2 N–H and O–H groups in total. The number of carbonyl (C=O) groups excluding carboxylic acids is 1. The summed E-state index contributed by atoms with van der Waals surface area (Å²) in [5, 5.41) is 16.4. The summed E-state index contributed by atoms with van der Waals surface area (Å²) in [5.74, 6) is -1.75. The van der Waals surface area contributed by atoms with Crippen LogP contribution < -0.4 is 5.32 Å². The van der Waals surface area contributed by atoms with Gasteiger partial charge in [-0.25, -0.2) is 0 Å². The first-order chi connectivity index (χ1) is 11.5. The van der Waals surface area contributed by atoms with Gasteiger partial charge in [0.1, 0.15) is 6.04 Å². The van der Waals surface area contributed by atoms with E-state index in [1.165, 1.54) is 0 Å². The van der Waals surface area contributed by atoms with Gasteiger partial charge in [0.05, 0.1) is 11.8 Å². The number of hydrogen-bond acceptors (Lipinski definition) is 5. The molecule has 0 bridgehead atoms. The molecule has 1 aliphatic rings. The van der Waals surface area contributed by atoms with Crippen molar-refractivity contribution in [2.75, 3.05) is 0 Å². The summed E-state index contributed by atoms with van der Waals surface area (Å²) in [5.41, 5.74) is 0.736.